The number of fused-ring (bicyclic) bond motifs is 1. The summed E-state index contributed by atoms with van der Waals surface area (Å²) in [6.07, 6.45) is 5.22. The summed E-state index contributed by atoms with van der Waals surface area (Å²) in [6.45, 7) is 0.791. The van der Waals surface area contributed by atoms with Crippen LogP contribution in [0.2, 0.25) is 0 Å². The van der Waals surface area contributed by atoms with E-state index in [2.05, 4.69) is 20.8 Å². The highest BCUT2D eigenvalue weighted by atomic mass is 19.1. The largest absolute Gasteiger partial charge is 0.322 e. The van der Waals surface area contributed by atoms with Crippen molar-refractivity contribution in [3.05, 3.63) is 59.3 Å². The number of amides is 1. The molecule has 0 spiro atoms. The van der Waals surface area contributed by atoms with Gasteiger partial charge in [-0.25, -0.2) is 8.78 Å². The van der Waals surface area contributed by atoms with E-state index in [1.165, 1.54) is 18.2 Å². The molecular weight excluding hydrogens is 350 g/mol. The van der Waals surface area contributed by atoms with Gasteiger partial charge in [0.2, 0.25) is 5.91 Å². The van der Waals surface area contributed by atoms with Gasteiger partial charge in [0.25, 0.3) is 0 Å². The fraction of sp³-hybridized carbons (Fsp3) is 0.200. The van der Waals surface area contributed by atoms with Crippen LogP contribution in [0.1, 0.15) is 24.1 Å². The zero-order valence-electron chi connectivity index (χ0n) is 14.4. The number of benzene rings is 2. The van der Waals surface area contributed by atoms with Crippen LogP contribution in [0.15, 0.2) is 36.4 Å². The minimum Gasteiger partial charge on any atom is -0.322 e. The Morgan fingerprint density at radius 3 is 2.74 bits per heavy atom. The first-order chi connectivity index (χ1) is 13.1. The molecule has 0 aliphatic carbocycles. The fourth-order valence-electron chi connectivity index (χ4n) is 3.16. The van der Waals surface area contributed by atoms with Crippen LogP contribution in [-0.4, -0.2) is 28.7 Å². The molecule has 0 unspecified atom stereocenters. The van der Waals surface area contributed by atoms with Gasteiger partial charge in [0.05, 0.1) is 22.9 Å². The highest BCUT2D eigenvalue weighted by Crippen LogP contribution is 2.26. The molecule has 1 aliphatic rings. The third-order valence-corrected chi connectivity index (χ3v) is 4.62. The van der Waals surface area contributed by atoms with E-state index in [-0.39, 0.29) is 23.5 Å². The van der Waals surface area contributed by atoms with Crippen molar-refractivity contribution in [1.82, 2.24) is 15.5 Å². The molecule has 1 aliphatic heterocycles. The van der Waals surface area contributed by atoms with Crippen LogP contribution < -0.4 is 10.6 Å². The molecular formula is C20H18F2N4O. The van der Waals surface area contributed by atoms with E-state index in [1.807, 2.05) is 0 Å². The number of hydrogen-bond acceptors (Lipinski definition) is 3. The summed E-state index contributed by atoms with van der Waals surface area (Å²) >= 11 is 0. The van der Waals surface area contributed by atoms with E-state index in [1.54, 1.807) is 30.4 Å². The molecule has 3 N–H and O–H groups in total. The Labute approximate surface area is 154 Å². The second-order valence-corrected chi connectivity index (χ2v) is 6.51. The van der Waals surface area contributed by atoms with Crippen molar-refractivity contribution in [3.63, 3.8) is 0 Å². The lowest BCUT2D eigenvalue weighted by Crippen LogP contribution is -2.35. The molecule has 1 fully saturated rings. The molecule has 5 nitrogen and oxygen atoms in total. The van der Waals surface area contributed by atoms with E-state index < -0.39 is 5.82 Å². The summed E-state index contributed by atoms with van der Waals surface area (Å²) in [5.74, 6) is -1.06. The number of carbonyl (C=O) groups excluding carboxylic acids is 1. The molecule has 0 radical (unpaired) electrons. The molecule has 3 aromatic rings. The lowest BCUT2D eigenvalue weighted by molar-refractivity contribution is -0.117. The summed E-state index contributed by atoms with van der Waals surface area (Å²) in [7, 11) is 0. The van der Waals surface area contributed by atoms with Gasteiger partial charge in [-0.05, 0) is 49.2 Å². The molecule has 27 heavy (non-hydrogen) atoms. The van der Waals surface area contributed by atoms with Crippen LogP contribution in [0.3, 0.4) is 0 Å². The SMILES string of the molecule is O=C(Nc1cc2c(C=Cc3ccc(F)cc3)n[nH]c2cc1F)[C@H]1CCCN1. The predicted octanol–water partition coefficient (Wildman–Crippen LogP) is 3.70. The number of H-pyrrole nitrogens is 1. The van der Waals surface area contributed by atoms with E-state index >= 15 is 0 Å². The number of aromatic nitrogens is 2. The van der Waals surface area contributed by atoms with Crippen molar-refractivity contribution in [2.45, 2.75) is 18.9 Å². The summed E-state index contributed by atoms with van der Waals surface area (Å²) in [6, 6.07) is 8.66. The first-order valence-corrected chi connectivity index (χ1v) is 8.76. The van der Waals surface area contributed by atoms with Gasteiger partial charge >= 0.3 is 0 Å². The van der Waals surface area contributed by atoms with Crippen molar-refractivity contribution in [2.75, 3.05) is 11.9 Å². The molecule has 2 aromatic carbocycles. The minimum atomic E-state index is -0.522. The molecule has 0 bridgehead atoms. The Hall–Kier alpha value is -3.06. The minimum absolute atomic E-state index is 0.124. The van der Waals surface area contributed by atoms with E-state index in [0.29, 0.717) is 16.6 Å². The Kier molecular flexibility index (Phi) is 4.68. The van der Waals surface area contributed by atoms with Crippen LogP contribution in [0, 0.1) is 11.6 Å². The topological polar surface area (TPSA) is 69.8 Å². The van der Waals surface area contributed by atoms with Crippen molar-refractivity contribution >= 4 is 34.6 Å². The molecule has 2 heterocycles. The summed E-state index contributed by atoms with van der Waals surface area (Å²) in [5, 5.41) is 13.4. The zero-order chi connectivity index (χ0) is 18.8. The number of nitrogens with zero attached hydrogens (tertiary/aromatic N) is 1. The highest BCUT2D eigenvalue weighted by Gasteiger charge is 2.23. The van der Waals surface area contributed by atoms with Crippen LogP contribution in [0.25, 0.3) is 23.1 Å². The monoisotopic (exact) mass is 368 g/mol. The molecule has 0 saturated carbocycles. The smallest absolute Gasteiger partial charge is 0.241 e. The first-order valence-electron chi connectivity index (χ1n) is 8.76. The lowest BCUT2D eigenvalue weighted by atomic mass is 10.1. The Morgan fingerprint density at radius 2 is 2.00 bits per heavy atom. The number of anilines is 1. The van der Waals surface area contributed by atoms with Crippen LogP contribution in [0.4, 0.5) is 14.5 Å². The van der Waals surface area contributed by atoms with Gasteiger partial charge < -0.3 is 10.6 Å². The number of nitrogens with one attached hydrogen (secondary N) is 3. The number of halogens is 2. The Bertz CT molecular complexity index is 1000. The van der Waals surface area contributed by atoms with Crippen LogP contribution >= 0.6 is 0 Å². The molecule has 1 saturated heterocycles. The summed E-state index contributed by atoms with van der Waals surface area (Å²) < 4.78 is 27.3. The Morgan fingerprint density at radius 1 is 1.19 bits per heavy atom. The number of hydrogen-bond donors (Lipinski definition) is 3. The molecule has 1 aromatic heterocycles. The molecule has 7 heteroatoms. The van der Waals surface area contributed by atoms with Crippen LogP contribution in [-0.2, 0) is 4.79 Å². The summed E-state index contributed by atoms with van der Waals surface area (Å²) in [4.78, 5) is 12.3. The molecule has 4 rings (SSSR count). The van der Waals surface area contributed by atoms with Gasteiger partial charge in [-0.15, -0.1) is 0 Å². The maximum absolute atomic E-state index is 14.3. The standard InChI is InChI=1S/C20H18F2N4O/c21-13-6-3-12(4-7-13)5-8-16-14-10-19(15(22)11-18(14)26-25-16)24-20(27)17-2-1-9-23-17/h3-8,10-11,17,23H,1-2,9H2,(H,24,27)(H,25,26)/t17-/m1/s1. The van der Waals surface area contributed by atoms with Crippen molar-refractivity contribution < 1.29 is 13.6 Å². The lowest BCUT2D eigenvalue weighted by Gasteiger charge is -2.11. The maximum Gasteiger partial charge on any atom is 0.241 e. The van der Waals surface area contributed by atoms with Crippen molar-refractivity contribution in [1.29, 1.82) is 0 Å². The second kappa shape index (κ2) is 7.28. The average Bonchev–Trinajstić information content (AvgIpc) is 3.32. The quantitative estimate of drug-likeness (QED) is 0.658. The second-order valence-electron chi connectivity index (χ2n) is 6.51. The highest BCUT2D eigenvalue weighted by molar-refractivity contribution is 5.98. The Balaban J connectivity index is 1.61. The van der Waals surface area contributed by atoms with Crippen LogP contribution in [0.5, 0.6) is 0 Å². The maximum atomic E-state index is 14.3. The van der Waals surface area contributed by atoms with Gasteiger partial charge in [0.1, 0.15) is 11.6 Å². The summed E-state index contributed by atoms with van der Waals surface area (Å²) in [5.41, 5.74) is 2.07. The van der Waals surface area contributed by atoms with E-state index in [0.717, 1.165) is 24.9 Å². The number of carbonyl (C=O) groups is 1. The normalized spacial score (nSPS) is 17.0. The van der Waals surface area contributed by atoms with Gasteiger partial charge in [0.15, 0.2) is 0 Å². The van der Waals surface area contributed by atoms with Gasteiger partial charge in [-0.3, -0.25) is 9.89 Å². The molecule has 1 amide bonds. The van der Waals surface area contributed by atoms with E-state index in [9.17, 15) is 13.6 Å². The number of aromatic amines is 1. The third-order valence-electron chi connectivity index (χ3n) is 4.62. The third kappa shape index (κ3) is 3.73. The van der Waals surface area contributed by atoms with Crippen molar-refractivity contribution in [3.8, 4) is 0 Å². The average molecular weight is 368 g/mol. The van der Waals surface area contributed by atoms with Gasteiger partial charge in [0, 0.05) is 11.5 Å². The fourth-order valence-corrected chi connectivity index (χ4v) is 3.16. The number of rotatable bonds is 4. The van der Waals surface area contributed by atoms with Crippen molar-refractivity contribution in [2.24, 2.45) is 0 Å². The van der Waals surface area contributed by atoms with E-state index in [4.69, 9.17) is 0 Å². The predicted molar refractivity (Wildman–Crippen MR) is 101 cm³/mol. The molecule has 138 valence electrons. The zero-order valence-corrected chi connectivity index (χ0v) is 14.4. The van der Waals surface area contributed by atoms with Gasteiger partial charge in [-0.2, -0.15) is 5.10 Å². The molecule has 1 atom stereocenters. The first kappa shape index (κ1) is 17.4. The van der Waals surface area contributed by atoms with Gasteiger partial charge in [-0.1, -0.05) is 18.2 Å².